The van der Waals surface area contributed by atoms with E-state index in [0.717, 1.165) is 17.4 Å². The van der Waals surface area contributed by atoms with E-state index in [1.54, 1.807) is 60.7 Å². The Morgan fingerprint density at radius 2 is 1.55 bits per heavy atom. The topological polar surface area (TPSA) is 132 Å². The van der Waals surface area contributed by atoms with Crippen LogP contribution in [0.3, 0.4) is 0 Å². The van der Waals surface area contributed by atoms with Crippen molar-refractivity contribution in [2.45, 2.75) is 13.8 Å². The lowest BCUT2D eigenvalue weighted by molar-refractivity contribution is -0.117. The van der Waals surface area contributed by atoms with E-state index in [4.69, 9.17) is 9.47 Å². The summed E-state index contributed by atoms with van der Waals surface area (Å²) in [6.07, 6.45) is 0. The summed E-state index contributed by atoms with van der Waals surface area (Å²) >= 11 is -2.79. The van der Waals surface area contributed by atoms with Gasteiger partial charge in [-0.05, 0) is 43.4 Å². The number of hydrogen-bond acceptors (Lipinski definition) is 9. The van der Waals surface area contributed by atoms with Crippen LogP contribution in [0, 0.1) is 0 Å². The lowest BCUT2D eigenvalue weighted by Gasteiger charge is -2.27. The van der Waals surface area contributed by atoms with Crippen LogP contribution in [-0.4, -0.2) is 63.4 Å². The fraction of sp³-hybridized carbons (Fsp3) is 0.250. The zero-order valence-electron chi connectivity index (χ0n) is 22.7. The number of ether oxygens (including phenoxy) is 2. The Balaban J connectivity index is 1.76. The van der Waals surface area contributed by atoms with Gasteiger partial charge in [0, 0.05) is 29.6 Å². The van der Waals surface area contributed by atoms with Crippen molar-refractivity contribution in [3.8, 4) is 11.5 Å². The summed E-state index contributed by atoms with van der Waals surface area (Å²) in [4.78, 5) is 23.9. The third-order valence-corrected chi connectivity index (χ3v) is 6.82. The number of amides is 1. The molecule has 0 fully saturated rings. The van der Waals surface area contributed by atoms with Crippen LogP contribution in [0.25, 0.3) is 11.0 Å². The summed E-state index contributed by atoms with van der Waals surface area (Å²) < 4.78 is 37.2. The third-order valence-electron chi connectivity index (χ3n) is 6.13. The number of benzene rings is 3. The fourth-order valence-electron chi connectivity index (χ4n) is 4.07. The minimum atomic E-state index is -2.79. The Labute approximate surface area is 235 Å². The SMILES string of the molecule is CCN(CC)CC(=O)Nc1cccc(N(c2nc3ccccc3nc2Nc2cc(OC)cc(OC)c2)S(=O)[O-])c1. The van der Waals surface area contributed by atoms with E-state index in [1.807, 2.05) is 24.8 Å². The highest BCUT2D eigenvalue weighted by atomic mass is 32.2. The molecular formula is C28H31N6O5S-. The summed E-state index contributed by atoms with van der Waals surface area (Å²) in [7, 11) is 3.08. The molecule has 11 nitrogen and oxygen atoms in total. The number of carbonyl (C=O) groups excluding carboxylic acids is 1. The molecule has 1 unspecified atom stereocenters. The molecule has 1 amide bonds. The van der Waals surface area contributed by atoms with Gasteiger partial charge < -0.3 is 24.7 Å². The van der Waals surface area contributed by atoms with E-state index in [0.29, 0.717) is 33.9 Å². The molecule has 0 aliphatic rings. The minimum Gasteiger partial charge on any atom is -0.755 e. The van der Waals surface area contributed by atoms with Crippen molar-refractivity contribution in [2.75, 3.05) is 48.8 Å². The molecule has 2 N–H and O–H groups in total. The van der Waals surface area contributed by atoms with Crippen LogP contribution in [0.15, 0.2) is 66.7 Å². The van der Waals surface area contributed by atoms with Crippen LogP contribution in [0.5, 0.6) is 11.5 Å². The van der Waals surface area contributed by atoms with E-state index in [2.05, 4.69) is 20.6 Å². The van der Waals surface area contributed by atoms with Gasteiger partial charge in [-0.1, -0.05) is 32.0 Å². The molecular weight excluding hydrogens is 532 g/mol. The molecule has 0 aliphatic heterocycles. The van der Waals surface area contributed by atoms with Crippen molar-refractivity contribution in [1.29, 1.82) is 0 Å². The van der Waals surface area contributed by atoms with Crippen LogP contribution < -0.4 is 24.4 Å². The van der Waals surface area contributed by atoms with E-state index in [1.165, 1.54) is 14.2 Å². The molecule has 12 heteroatoms. The summed E-state index contributed by atoms with van der Waals surface area (Å²) in [6.45, 7) is 5.67. The molecule has 0 saturated heterocycles. The van der Waals surface area contributed by atoms with Crippen molar-refractivity contribution in [3.63, 3.8) is 0 Å². The molecule has 0 aliphatic carbocycles. The first-order valence-corrected chi connectivity index (χ1v) is 13.7. The Bertz CT molecular complexity index is 1490. The number of hydrogen-bond donors (Lipinski definition) is 2. The molecule has 1 atom stereocenters. The summed E-state index contributed by atoms with van der Waals surface area (Å²) in [5.41, 5.74) is 2.34. The van der Waals surface area contributed by atoms with Gasteiger partial charge >= 0.3 is 0 Å². The van der Waals surface area contributed by atoms with Crippen molar-refractivity contribution in [1.82, 2.24) is 14.9 Å². The van der Waals surface area contributed by atoms with Gasteiger partial charge in [-0.15, -0.1) is 0 Å². The molecule has 0 spiro atoms. The number of fused-ring (bicyclic) bond motifs is 1. The molecule has 1 heterocycles. The number of aromatic nitrogens is 2. The molecule has 40 heavy (non-hydrogen) atoms. The second-order valence-electron chi connectivity index (χ2n) is 8.68. The number of nitrogens with zero attached hydrogens (tertiary/aromatic N) is 4. The summed E-state index contributed by atoms with van der Waals surface area (Å²) in [5.74, 6) is 1.11. The van der Waals surface area contributed by atoms with E-state index >= 15 is 0 Å². The van der Waals surface area contributed by atoms with Gasteiger partial charge in [-0.25, -0.2) is 9.97 Å². The number of methoxy groups -OCH3 is 2. The maximum atomic E-state index is 12.7. The van der Waals surface area contributed by atoms with Crippen molar-refractivity contribution < 1.29 is 23.0 Å². The van der Waals surface area contributed by atoms with Gasteiger partial charge in [0.15, 0.2) is 11.6 Å². The Hall–Kier alpha value is -4.26. The van der Waals surface area contributed by atoms with Crippen molar-refractivity contribution in [2.24, 2.45) is 0 Å². The number of nitrogens with one attached hydrogen (secondary N) is 2. The van der Waals surface area contributed by atoms with Crippen LogP contribution in [0.2, 0.25) is 0 Å². The van der Waals surface area contributed by atoms with Gasteiger partial charge in [-0.3, -0.25) is 18.2 Å². The number of carbonyl (C=O) groups is 1. The molecule has 0 radical (unpaired) electrons. The van der Waals surface area contributed by atoms with Crippen LogP contribution in [0.4, 0.5) is 28.7 Å². The highest BCUT2D eigenvalue weighted by Gasteiger charge is 2.21. The average Bonchev–Trinajstić information content (AvgIpc) is 2.96. The second kappa shape index (κ2) is 13.2. The van der Waals surface area contributed by atoms with E-state index < -0.39 is 11.3 Å². The quantitative estimate of drug-likeness (QED) is 0.237. The molecule has 210 valence electrons. The van der Waals surface area contributed by atoms with E-state index in [-0.39, 0.29) is 29.8 Å². The first kappa shape index (κ1) is 28.7. The average molecular weight is 564 g/mol. The fourth-order valence-corrected chi connectivity index (χ4v) is 4.63. The minimum absolute atomic E-state index is 0.0421. The van der Waals surface area contributed by atoms with Crippen LogP contribution in [-0.2, 0) is 16.1 Å². The predicted molar refractivity (Wildman–Crippen MR) is 156 cm³/mol. The highest BCUT2D eigenvalue weighted by Crippen LogP contribution is 2.36. The van der Waals surface area contributed by atoms with Gasteiger partial charge in [0.05, 0.1) is 48.8 Å². The van der Waals surface area contributed by atoms with Gasteiger partial charge in [0.25, 0.3) is 0 Å². The van der Waals surface area contributed by atoms with E-state index in [9.17, 15) is 13.6 Å². The molecule has 0 bridgehead atoms. The Morgan fingerprint density at radius 3 is 2.15 bits per heavy atom. The number of para-hydroxylation sites is 2. The number of rotatable bonds is 12. The van der Waals surface area contributed by atoms with Crippen LogP contribution in [0.1, 0.15) is 13.8 Å². The molecule has 0 saturated carbocycles. The standard InChI is InChI=1S/C28H32N6O5S/c1-5-33(6-2)18-26(35)29-19-10-9-11-21(14-19)34(40(36)37)28-27(31-24-12-7-8-13-25(24)32-28)30-20-15-22(38-3)17-23(16-20)39-4/h7-17H,5-6,18H2,1-4H3,(H,29,35)(H,30,31)(H,36,37)/p-1. The summed E-state index contributed by atoms with van der Waals surface area (Å²) in [5, 5.41) is 6.03. The Kier molecular flexibility index (Phi) is 9.48. The van der Waals surface area contributed by atoms with Crippen molar-refractivity contribution >= 4 is 56.9 Å². The number of anilines is 5. The second-order valence-corrected chi connectivity index (χ2v) is 9.48. The lowest BCUT2D eigenvalue weighted by atomic mass is 10.2. The molecule has 3 aromatic carbocycles. The zero-order chi connectivity index (χ0) is 28.6. The van der Waals surface area contributed by atoms with Gasteiger partial charge in [-0.2, -0.15) is 0 Å². The Morgan fingerprint density at radius 1 is 0.900 bits per heavy atom. The highest BCUT2D eigenvalue weighted by molar-refractivity contribution is 7.81. The smallest absolute Gasteiger partial charge is 0.238 e. The molecule has 1 aromatic heterocycles. The third kappa shape index (κ3) is 6.84. The molecule has 4 rings (SSSR count). The largest absolute Gasteiger partial charge is 0.755 e. The zero-order valence-corrected chi connectivity index (χ0v) is 23.5. The van der Waals surface area contributed by atoms with Crippen LogP contribution >= 0.6 is 0 Å². The monoisotopic (exact) mass is 563 g/mol. The normalized spacial score (nSPS) is 11.8. The summed E-state index contributed by atoms with van der Waals surface area (Å²) in [6, 6.07) is 18.9. The number of likely N-dealkylation sites (N-methyl/N-ethyl adjacent to an activating group) is 1. The maximum Gasteiger partial charge on any atom is 0.238 e. The maximum absolute atomic E-state index is 12.7. The van der Waals surface area contributed by atoms with Gasteiger partial charge in [0.2, 0.25) is 5.91 Å². The first-order chi connectivity index (χ1) is 19.3. The lowest BCUT2D eigenvalue weighted by Crippen LogP contribution is -2.33. The molecule has 4 aromatic rings. The first-order valence-electron chi connectivity index (χ1n) is 12.6. The van der Waals surface area contributed by atoms with Gasteiger partial charge in [0.1, 0.15) is 11.5 Å². The van der Waals surface area contributed by atoms with Crippen molar-refractivity contribution in [3.05, 3.63) is 66.7 Å². The predicted octanol–water partition coefficient (Wildman–Crippen LogP) is 4.60.